The maximum Gasteiger partial charge on any atom is 0.411 e. The number of nitrogens with zero attached hydrogens (tertiary/aromatic N) is 1. The van der Waals surface area contributed by atoms with Gasteiger partial charge in [0.25, 0.3) is 0 Å². The van der Waals surface area contributed by atoms with Crippen molar-refractivity contribution >= 4 is 12.1 Å². The van der Waals surface area contributed by atoms with E-state index < -0.39 is 49.0 Å². The van der Waals surface area contributed by atoms with Crippen LogP contribution in [-0.2, 0) is 20.9 Å². The van der Waals surface area contributed by atoms with Gasteiger partial charge >= 0.3 is 12.1 Å². The van der Waals surface area contributed by atoms with Crippen LogP contribution in [0.4, 0.5) is 13.6 Å². The Morgan fingerprint density at radius 3 is 2.48 bits per heavy atom. The highest BCUT2D eigenvalue weighted by atomic mass is 19.2. The minimum absolute atomic E-state index is 0.00670. The molecule has 2 rings (SSSR count). The quantitative estimate of drug-likeness (QED) is 0.777. The van der Waals surface area contributed by atoms with E-state index in [2.05, 4.69) is 0 Å². The average Bonchev–Trinajstić information content (AvgIpc) is 2.91. The van der Waals surface area contributed by atoms with Gasteiger partial charge in [-0.15, -0.1) is 0 Å². The normalized spacial score (nSPS) is 23.4. The molecule has 1 aliphatic rings. The first kappa shape index (κ1) is 19.1. The van der Waals surface area contributed by atoms with Crippen molar-refractivity contribution < 1.29 is 27.8 Å². The number of carbonyl (C=O) groups excluding carboxylic acids is 2. The number of benzene rings is 1. The molecule has 0 spiro atoms. The third-order valence-electron chi connectivity index (χ3n) is 3.75. The highest BCUT2D eigenvalue weighted by Crippen LogP contribution is 2.33. The van der Waals surface area contributed by atoms with Gasteiger partial charge in [-0.2, -0.15) is 0 Å². The molecule has 1 unspecified atom stereocenters. The first-order valence-electron chi connectivity index (χ1n) is 8.09. The Morgan fingerprint density at radius 1 is 1.28 bits per heavy atom. The number of hydrogen-bond donors (Lipinski definition) is 0. The van der Waals surface area contributed by atoms with E-state index >= 15 is 0 Å². The molecular weight excluding hydrogens is 332 g/mol. The van der Waals surface area contributed by atoms with Gasteiger partial charge in [0.15, 0.2) is 5.67 Å². The lowest BCUT2D eigenvalue weighted by molar-refractivity contribution is -0.150. The molecule has 5 nitrogen and oxygen atoms in total. The lowest BCUT2D eigenvalue weighted by Gasteiger charge is -2.27. The van der Waals surface area contributed by atoms with Crippen LogP contribution in [-0.4, -0.2) is 47.5 Å². The minimum atomic E-state index is -2.27. The van der Waals surface area contributed by atoms with Crippen LogP contribution >= 0.6 is 0 Å². The van der Waals surface area contributed by atoms with Gasteiger partial charge in [0.2, 0.25) is 0 Å². The van der Waals surface area contributed by atoms with E-state index in [9.17, 15) is 18.4 Å². The molecule has 0 N–H and O–H groups in total. The fraction of sp³-hybridized carbons (Fsp3) is 0.556. The van der Waals surface area contributed by atoms with Crippen LogP contribution in [0.1, 0.15) is 32.8 Å². The standard InChI is InChI=1S/C18H23F2NO4/c1-17(2,3)25-16(23)21-12-18(20,11-19)9-14(21)15(22)24-10-13-7-5-4-6-8-13/h4-8,14H,9-12H2,1-3H3/t14?,18-/m0/s1. The first-order valence-corrected chi connectivity index (χ1v) is 8.09. The summed E-state index contributed by atoms with van der Waals surface area (Å²) in [6, 6.07) is 7.75. The molecule has 7 heteroatoms. The molecule has 0 aromatic heterocycles. The highest BCUT2D eigenvalue weighted by molar-refractivity contribution is 5.82. The Labute approximate surface area is 145 Å². The van der Waals surface area contributed by atoms with E-state index in [1.807, 2.05) is 6.07 Å². The van der Waals surface area contributed by atoms with E-state index in [0.717, 1.165) is 10.5 Å². The van der Waals surface area contributed by atoms with Crippen LogP contribution < -0.4 is 0 Å². The van der Waals surface area contributed by atoms with Gasteiger partial charge in [-0.05, 0) is 26.3 Å². The third-order valence-corrected chi connectivity index (χ3v) is 3.75. The van der Waals surface area contributed by atoms with Crippen LogP contribution in [0.5, 0.6) is 0 Å². The topological polar surface area (TPSA) is 55.8 Å². The number of ether oxygens (including phenoxy) is 2. The Bertz CT molecular complexity index is 617. The lowest BCUT2D eigenvalue weighted by Crippen LogP contribution is -2.44. The predicted octanol–water partition coefficient (Wildman–Crippen LogP) is 3.42. The van der Waals surface area contributed by atoms with Gasteiger partial charge < -0.3 is 9.47 Å². The van der Waals surface area contributed by atoms with Gasteiger partial charge in [-0.3, -0.25) is 4.90 Å². The van der Waals surface area contributed by atoms with Crippen molar-refractivity contribution in [2.24, 2.45) is 0 Å². The van der Waals surface area contributed by atoms with Crippen molar-refractivity contribution in [2.75, 3.05) is 13.2 Å². The number of hydrogen-bond acceptors (Lipinski definition) is 4. The zero-order chi connectivity index (χ0) is 18.7. The predicted molar refractivity (Wildman–Crippen MR) is 87.4 cm³/mol. The number of rotatable bonds is 4. The molecule has 1 fully saturated rings. The van der Waals surface area contributed by atoms with Crippen molar-refractivity contribution in [2.45, 2.75) is 51.1 Å². The molecule has 1 aliphatic heterocycles. The van der Waals surface area contributed by atoms with E-state index in [4.69, 9.17) is 9.47 Å². The number of amides is 1. The summed E-state index contributed by atoms with van der Waals surface area (Å²) in [5, 5.41) is 0. The fourth-order valence-corrected chi connectivity index (χ4v) is 2.58. The van der Waals surface area contributed by atoms with E-state index in [0.29, 0.717) is 0 Å². The second-order valence-electron chi connectivity index (χ2n) is 7.21. The minimum Gasteiger partial charge on any atom is -0.459 e. The monoisotopic (exact) mass is 355 g/mol. The summed E-state index contributed by atoms with van der Waals surface area (Å²) >= 11 is 0. The molecule has 1 heterocycles. The molecule has 1 amide bonds. The molecule has 1 saturated heterocycles. The molecule has 0 aliphatic carbocycles. The van der Waals surface area contributed by atoms with Gasteiger partial charge in [-0.25, -0.2) is 18.4 Å². The second kappa shape index (κ2) is 7.37. The largest absolute Gasteiger partial charge is 0.459 e. The number of carbonyl (C=O) groups is 2. The molecule has 1 aromatic carbocycles. The Morgan fingerprint density at radius 2 is 1.92 bits per heavy atom. The Balaban J connectivity index is 2.08. The number of esters is 1. The van der Waals surface area contributed by atoms with Gasteiger partial charge in [0.05, 0.1) is 6.54 Å². The summed E-state index contributed by atoms with van der Waals surface area (Å²) in [5.74, 6) is -0.775. The highest BCUT2D eigenvalue weighted by Gasteiger charge is 2.51. The first-order chi connectivity index (χ1) is 11.6. The third kappa shape index (κ3) is 5.14. The molecule has 25 heavy (non-hydrogen) atoms. The lowest BCUT2D eigenvalue weighted by atomic mass is 10.0. The molecule has 0 bridgehead atoms. The summed E-state index contributed by atoms with van der Waals surface area (Å²) in [4.78, 5) is 25.5. The van der Waals surface area contributed by atoms with Crippen LogP contribution in [0.2, 0.25) is 0 Å². The smallest absolute Gasteiger partial charge is 0.411 e. The summed E-state index contributed by atoms with van der Waals surface area (Å²) in [6.45, 7) is 3.14. The van der Waals surface area contributed by atoms with Crippen molar-refractivity contribution in [3.8, 4) is 0 Å². The fourth-order valence-electron chi connectivity index (χ4n) is 2.58. The Hall–Kier alpha value is -2.18. The van der Waals surface area contributed by atoms with Crippen molar-refractivity contribution in [1.29, 1.82) is 0 Å². The summed E-state index contributed by atoms with van der Waals surface area (Å²) in [5.41, 5.74) is -2.32. The SMILES string of the molecule is CC(C)(C)OC(=O)N1C[C@@](F)(CF)CC1C(=O)OCc1ccccc1. The zero-order valence-corrected chi connectivity index (χ0v) is 14.6. The Kier molecular flexibility index (Phi) is 5.65. The van der Waals surface area contributed by atoms with Gasteiger partial charge in [0, 0.05) is 6.42 Å². The van der Waals surface area contributed by atoms with E-state index in [-0.39, 0.29) is 6.61 Å². The van der Waals surface area contributed by atoms with Crippen LogP contribution in [0, 0.1) is 0 Å². The van der Waals surface area contributed by atoms with Crippen LogP contribution in [0.15, 0.2) is 30.3 Å². The summed E-state index contributed by atoms with van der Waals surface area (Å²) < 4.78 is 37.8. The summed E-state index contributed by atoms with van der Waals surface area (Å²) in [7, 11) is 0. The van der Waals surface area contributed by atoms with Crippen LogP contribution in [0.3, 0.4) is 0 Å². The number of likely N-dealkylation sites (tertiary alicyclic amines) is 1. The molecule has 0 radical (unpaired) electrons. The van der Waals surface area contributed by atoms with E-state index in [1.54, 1.807) is 45.0 Å². The van der Waals surface area contributed by atoms with Crippen molar-refractivity contribution in [3.05, 3.63) is 35.9 Å². The van der Waals surface area contributed by atoms with Gasteiger partial charge in [0.1, 0.15) is 24.9 Å². The second-order valence-corrected chi connectivity index (χ2v) is 7.21. The van der Waals surface area contributed by atoms with E-state index in [1.165, 1.54) is 0 Å². The molecule has 1 aromatic rings. The van der Waals surface area contributed by atoms with Crippen molar-refractivity contribution in [3.63, 3.8) is 0 Å². The molecular formula is C18H23F2NO4. The maximum absolute atomic E-state index is 14.4. The van der Waals surface area contributed by atoms with Crippen molar-refractivity contribution in [1.82, 2.24) is 4.90 Å². The average molecular weight is 355 g/mol. The molecule has 138 valence electrons. The number of alkyl halides is 2. The van der Waals surface area contributed by atoms with Gasteiger partial charge in [-0.1, -0.05) is 30.3 Å². The maximum atomic E-state index is 14.4. The summed E-state index contributed by atoms with van der Waals surface area (Å²) in [6.07, 6.45) is -1.31. The zero-order valence-electron chi connectivity index (χ0n) is 14.6. The number of halogens is 2. The van der Waals surface area contributed by atoms with Crippen LogP contribution in [0.25, 0.3) is 0 Å². The molecule has 2 atom stereocenters. The molecule has 0 saturated carbocycles.